The summed E-state index contributed by atoms with van der Waals surface area (Å²) < 4.78 is 21.3. The molecule has 0 aliphatic carbocycles. The molecule has 0 aliphatic rings. The van der Waals surface area contributed by atoms with Crippen molar-refractivity contribution in [3.63, 3.8) is 0 Å². The smallest absolute Gasteiger partial charge is 0.251 e. The van der Waals surface area contributed by atoms with E-state index < -0.39 is 0 Å². The van der Waals surface area contributed by atoms with Gasteiger partial charge in [0.2, 0.25) is 11.8 Å². The Hall–Kier alpha value is -4.48. The lowest BCUT2D eigenvalue weighted by Gasteiger charge is -2.11. The van der Waals surface area contributed by atoms with Gasteiger partial charge in [-0.15, -0.1) is 6.42 Å². The van der Waals surface area contributed by atoms with Crippen LogP contribution in [0.1, 0.15) is 76.6 Å². The maximum absolute atomic E-state index is 12.7. The Kier molecular flexibility index (Phi) is 26.4. The van der Waals surface area contributed by atoms with Crippen LogP contribution in [0.3, 0.4) is 0 Å². The number of aliphatic imine (C=N–C) groups is 2. The molecule has 0 saturated carbocycles. The molecular weight excluding hydrogens is 664 g/mol. The van der Waals surface area contributed by atoms with E-state index in [0.717, 1.165) is 36.9 Å². The molecule has 0 heterocycles. The zero-order valence-corrected chi connectivity index (χ0v) is 31.5. The van der Waals surface area contributed by atoms with Gasteiger partial charge in [-0.2, -0.15) is 4.99 Å². The molecule has 0 aromatic heterocycles. The number of terminal acetylenes is 1. The number of carbonyl (C=O) groups excluding carboxylic acids is 2. The average molecular weight is 725 g/mol. The Bertz CT molecular complexity index is 1360. The van der Waals surface area contributed by atoms with Gasteiger partial charge in [-0.3, -0.25) is 9.59 Å². The Labute approximate surface area is 310 Å². The van der Waals surface area contributed by atoms with Crippen molar-refractivity contribution in [1.29, 1.82) is 0 Å². The number of allylic oxidation sites excluding steroid dienone is 3. The van der Waals surface area contributed by atoms with Crippen LogP contribution in [0.15, 0.2) is 69.6 Å². The summed E-state index contributed by atoms with van der Waals surface area (Å²) in [5.74, 6) is 2.07. The SMILES string of the molecule is C#CCOCCOCCOCCOCCNC(=O)CCCNC(=O)c1ccc(NCC(\C=C\CCC)=N/C(=C(O)/N=C(\C)N)C(/C)=C/CCC)cc1. The van der Waals surface area contributed by atoms with Gasteiger partial charge in [-0.25, -0.2) is 4.99 Å². The van der Waals surface area contributed by atoms with Crippen LogP contribution in [0, 0.1) is 12.3 Å². The number of ether oxygens (including phenoxy) is 4. The van der Waals surface area contributed by atoms with Crippen molar-refractivity contribution >= 4 is 29.0 Å². The van der Waals surface area contributed by atoms with Gasteiger partial charge in [0, 0.05) is 30.8 Å². The second-order valence-electron chi connectivity index (χ2n) is 11.6. The zero-order chi connectivity index (χ0) is 38.2. The van der Waals surface area contributed by atoms with Crippen molar-refractivity contribution in [2.75, 3.05) is 77.8 Å². The van der Waals surface area contributed by atoms with Crippen LogP contribution in [0.25, 0.3) is 0 Å². The number of rotatable bonds is 29. The average Bonchev–Trinajstić information content (AvgIpc) is 3.13. The van der Waals surface area contributed by atoms with Gasteiger partial charge >= 0.3 is 0 Å². The number of anilines is 1. The van der Waals surface area contributed by atoms with Gasteiger partial charge in [0.15, 0.2) is 0 Å². The summed E-state index contributed by atoms with van der Waals surface area (Å²) >= 11 is 0. The number of aliphatic hydroxyl groups is 1. The molecule has 0 aliphatic heterocycles. The molecule has 0 saturated heterocycles. The highest BCUT2D eigenvalue weighted by molar-refractivity contribution is 5.99. The van der Waals surface area contributed by atoms with Gasteiger partial charge in [0.1, 0.15) is 12.3 Å². The minimum atomic E-state index is -0.233. The van der Waals surface area contributed by atoms with E-state index in [1.165, 1.54) is 0 Å². The third-order valence-electron chi connectivity index (χ3n) is 6.98. The molecule has 52 heavy (non-hydrogen) atoms. The molecule has 6 N–H and O–H groups in total. The van der Waals surface area contributed by atoms with Crippen molar-refractivity contribution in [2.24, 2.45) is 15.7 Å². The van der Waals surface area contributed by atoms with Gasteiger partial charge in [-0.1, -0.05) is 44.8 Å². The predicted molar refractivity (Wildman–Crippen MR) is 209 cm³/mol. The summed E-state index contributed by atoms with van der Waals surface area (Å²) in [6.07, 6.45) is 15.6. The first-order valence-corrected chi connectivity index (χ1v) is 18.0. The Morgan fingerprint density at radius 3 is 2.13 bits per heavy atom. The van der Waals surface area contributed by atoms with E-state index in [2.05, 4.69) is 40.7 Å². The van der Waals surface area contributed by atoms with E-state index in [-0.39, 0.29) is 36.6 Å². The maximum Gasteiger partial charge on any atom is 0.251 e. The molecule has 0 radical (unpaired) electrons. The summed E-state index contributed by atoms with van der Waals surface area (Å²) in [6.45, 7) is 12.2. The summed E-state index contributed by atoms with van der Waals surface area (Å²) in [4.78, 5) is 33.6. The molecule has 288 valence electrons. The highest BCUT2D eigenvalue weighted by Gasteiger charge is 2.10. The Balaban J connectivity index is 2.46. The number of hydrogen-bond donors (Lipinski definition) is 5. The largest absolute Gasteiger partial charge is 0.492 e. The number of carbonyl (C=O) groups is 2. The topological polar surface area (TPSA) is 178 Å². The second kappa shape index (κ2) is 30.2. The van der Waals surface area contributed by atoms with Crippen LogP contribution in [0.2, 0.25) is 0 Å². The molecule has 1 rings (SSSR count). The first-order chi connectivity index (χ1) is 25.2. The molecular formula is C39H60N6O7. The number of nitrogens with zero attached hydrogens (tertiary/aromatic N) is 2. The number of benzene rings is 1. The van der Waals surface area contributed by atoms with Crippen molar-refractivity contribution in [1.82, 2.24) is 10.6 Å². The van der Waals surface area contributed by atoms with E-state index in [1.54, 1.807) is 19.1 Å². The van der Waals surface area contributed by atoms with Crippen LogP contribution >= 0.6 is 0 Å². The number of unbranched alkanes of at least 4 members (excludes halogenated alkanes) is 2. The standard InChI is InChI=1S/C39H60N6O7/c1-6-9-11-14-35(45-37(31(4)13-10-7-2)39(48)44-32(5)40)30-43-34-18-16-33(17-19-34)38(47)42-20-12-15-36(46)41-21-23-50-25-27-52-29-28-51-26-24-49-22-8-3/h3,11,13-14,16-19,43,48H,6-7,9-10,12,15,20-30H2,1-2,4-5H3,(H2,40,44)(H,41,46)(H,42,47)/b14-11+,31-13+,39-37-,45-35-. The molecule has 13 heteroatoms. The lowest BCUT2D eigenvalue weighted by molar-refractivity contribution is -0.121. The third kappa shape index (κ3) is 23.1. The number of amidine groups is 1. The Morgan fingerprint density at radius 1 is 0.885 bits per heavy atom. The summed E-state index contributed by atoms with van der Waals surface area (Å²) in [6, 6.07) is 7.12. The predicted octanol–water partition coefficient (Wildman–Crippen LogP) is 5.07. The fraction of sp³-hybridized carbons (Fsp3) is 0.538. The number of aliphatic hydroxyl groups excluding tert-OH is 1. The molecule has 1 aromatic carbocycles. The molecule has 0 bridgehead atoms. The second-order valence-corrected chi connectivity index (χ2v) is 11.6. The van der Waals surface area contributed by atoms with Crippen molar-refractivity contribution < 1.29 is 33.6 Å². The molecule has 1 aromatic rings. The lowest BCUT2D eigenvalue weighted by Crippen LogP contribution is -2.29. The first-order valence-electron chi connectivity index (χ1n) is 18.0. The van der Waals surface area contributed by atoms with E-state index in [9.17, 15) is 14.7 Å². The van der Waals surface area contributed by atoms with Crippen molar-refractivity contribution in [2.45, 2.75) is 66.2 Å². The van der Waals surface area contributed by atoms with Crippen LogP contribution in [0.5, 0.6) is 0 Å². The van der Waals surface area contributed by atoms with E-state index in [0.29, 0.717) is 89.3 Å². The lowest BCUT2D eigenvalue weighted by atomic mass is 10.1. The highest BCUT2D eigenvalue weighted by Crippen LogP contribution is 2.18. The molecule has 0 spiro atoms. The Morgan fingerprint density at radius 2 is 1.52 bits per heavy atom. The van der Waals surface area contributed by atoms with E-state index in [1.807, 2.05) is 37.3 Å². The summed E-state index contributed by atoms with van der Waals surface area (Å²) in [7, 11) is 0. The van der Waals surface area contributed by atoms with Crippen LogP contribution in [0.4, 0.5) is 5.69 Å². The molecule has 0 fully saturated rings. The van der Waals surface area contributed by atoms with Crippen molar-refractivity contribution in [3.8, 4) is 12.3 Å². The normalized spacial score (nSPS) is 12.8. The third-order valence-corrected chi connectivity index (χ3v) is 6.98. The zero-order valence-electron chi connectivity index (χ0n) is 31.5. The number of amides is 2. The number of nitrogens with two attached hydrogens (primary N) is 1. The van der Waals surface area contributed by atoms with Crippen LogP contribution < -0.4 is 21.7 Å². The monoisotopic (exact) mass is 724 g/mol. The van der Waals surface area contributed by atoms with Crippen LogP contribution in [-0.4, -0.2) is 101 Å². The summed E-state index contributed by atoms with van der Waals surface area (Å²) in [5.41, 5.74) is 8.91. The van der Waals surface area contributed by atoms with E-state index >= 15 is 0 Å². The van der Waals surface area contributed by atoms with Crippen LogP contribution in [-0.2, 0) is 23.7 Å². The molecule has 2 amide bonds. The van der Waals surface area contributed by atoms with Crippen molar-refractivity contribution in [3.05, 3.63) is 65.2 Å². The maximum atomic E-state index is 12.7. The number of nitrogens with one attached hydrogen (secondary N) is 3. The van der Waals surface area contributed by atoms with E-state index in [4.69, 9.17) is 36.1 Å². The number of hydrogen-bond acceptors (Lipinski definition) is 10. The molecule has 0 unspecified atom stereocenters. The van der Waals surface area contributed by atoms with Gasteiger partial charge in [0.05, 0.1) is 64.3 Å². The molecule has 13 nitrogen and oxygen atoms in total. The first kappa shape index (κ1) is 45.5. The highest BCUT2D eigenvalue weighted by atomic mass is 16.6. The minimum Gasteiger partial charge on any atom is -0.492 e. The van der Waals surface area contributed by atoms with Gasteiger partial charge in [0.25, 0.3) is 5.91 Å². The van der Waals surface area contributed by atoms with Gasteiger partial charge in [-0.05, 0) is 69.0 Å². The van der Waals surface area contributed by atoms with Gasteiger partial charge < -0.3 is 45.7 Å². The molecule has 0 atom stereocenters. The quantitative estimate of drug-likeness (QED) is 0.0188. The minimum absolute atomic E-state index is 0.104. The fourth-order valence-corrected chi connectivity index (χ4v) is 4.28. The fourth-order valence-electron chi connectivity index (χ4n) is 4.28. The summed E-state index contributed by atoms with van der Waals surface area (Å²) in [5, 5.41) is 19.7.